The zero-order chi connectivity index (χ0) is 35.5. The van der Waals surface area contributed by atoms with Gasteiger partial charge in [-0.1, -0.05) is 12.8 Å². The van der Waals surface area contributed by atoms with Crippen LogP contribution in [0.5, 0.6) is 0 Å². The molecular formula is C39H59FN4O6. The van der Waals surface area contributed by atoms with E-state index in [0.717, 1.165) is 51.5 Å². The number of likely N-dealkylation sites (tertiary alicyclic amines) is 1. The van der Waals surface area contributed by atoms with Crippen molar-refractivity contribution in [2.75, 3.05) is 40.3 Å². The number of esters is 1. The summed E-state index contributed by atoms with van der Waals surface area (Å²) in [6.07, 6.45) is 8.28. The number of amides is 1. The molecule has 0 aromatic heterocycles. The van der Waals surface area contributed by atoms with Crippen molar-refractivity contribution >= 4 is 23.4 Å². The fraction of sp³-hybridized carbons (Fsp3) is 0.846. The highest BCUT2D eigenvalue weighted by Gasteiger charge is 2.62. The molecular weight excluding hydrogens is 639 g/mol. The summed E-state index contributed by atoms with van der Waals surface area (Å²) in [6.45, 7) is 7.98. The van der Waals surface area contributed by atoms with Gasteiger partial charge in [0.2, 0.25) is 0 Å². The minimum absolute atomic E-state index is 0.0260. The number of ether oxygens (including phenoxy) is 2. The van der Waals surface area contributed by atoms with E-state index in [2.05, 4.69) is 15.1 Å². The molecule has 3 aliphatic heterocycles. The Balaban J connectivity index is 1.14. The van der Waals surface area contributed by atoms with Gasteiger partial charge in [0.25, 0.3) is 5.91 Å². The molecule has 3 heterocycles. The van der Waals surface area contributed by atoms with Crippen molar-refractivity contribution in [3.8, 4) is 0 Å². The van der Waals surface area contributed by atoms with Crippen LogP contribution in [0.4, 0.5) is 4.39 Å². The molecule has 11 unspecified atom stereocenters. The van der Waals surface area contributed by atoms with Crippen molar-refractivity contribution in [3.63, 3.8) is 0 Å². The summed E-state index contributed by atoms with van der Waals surface area (Å²) in [4.78, 5) is 60.8. The Morgan fingerprint density at radius 1 is 1.02 bits per heavy atom. The lowest BCUT2D eigenvalue weighted by molar-refractivity contribution is -0.206. The van der Waals surface area contributed by atoms with E-state index in [0.29, 0.717) is 44.2 Å². The number of fused-ring (bicyclic) bond motifs is 5. The van der Waals surface area contributed by atoms with Gasteiger partial charge in [-0.25, -0.2) is 4.39 Å². The smallest absolute Gasteiger partial charge is 0.306 e. The highest BCUT2D eigenvalue weighted by molar-refractivity contribution is 6.20. The van der Waals surface area contributed by atoms with E-state index in [1.807, 2.05) is 41.1 Å². The maximum atomic E-state index is 16.3. The third-order valence-electron chi connectivity index (χ3n) is 13.0. The zero-order valence-electron chi connectivity index (χ0n) is 30.8. The van der Waals surface area contributed by atoms with Gasteiger partial charge in [-0.3, -0.25) is 19.2 Å². The van der Waals surface area contributed by atoms with Gasteiger partial charge in [0.1, 0.15) is 17.6 Å². The molecule has 2 saturated heterocycles. The molecule has 6 fully saturated rings. The molecule has 12 atom stereocenters. The van der Waals surface area contributed by atoms with Gasteiger partial charge >= 0.3 is 5.97 Å². The lowest BCUT2D eigenvalue weighted by Gasteiger charge is -2.60. The second kappa shape index (κ2) is 14.2. The molecule has 0 aromatic carbocycles. The third kappa shape index (κ3) is 6.92. The van der Waals surface area contributed by atoms with E-state index >= 15 is 4.39 Å². The summed E-state index contributed by atoms with van der Waals surface area (Å²) >= 11 is 0. The van der Waals surface area contributed by atoms with Crippen molar-refractivity contribution < 1.29 is 33.0 Å². The Kier molecular flexibility index (Phi) is 10.2. The number of nitrogens with zero attached hydrogens (tertiary/aromatic N) is 3. The second-order valence-electron chi connectivity index (χ2n) is 17.8. The minimum Gasteiger partial charge on any atom is -0.460 e. The van der Waals surface area contributed by atoms with Crippen LogP contribution in [0.15, 0.2) is 11.8 Å². The van der Waals surface area contributed by atoms with Crippen LogP contribution in [0, 0.1) is 35.5 Å². The fourth-order valence-electron chi connectivity index (χ4n) is 10.9. The number of hydrogen-bond donors (Lipinski definition) is 1. The van der Waals surface area contributed by atoms with Crippen LogP contribution in [-0.4, -0.2) is 121 Å². The van der Waals surface area contributed by atoms with Crippen molar-refractivity contribution in [2.45, 2.75) is 134 Å². The molecule has 278 valence electrons. The molecule has 4 saturated carbocycles. The number of alkyl halides is 1. The summed E-state index contributed by atoms with van der Waals surface area (Å²) < 4.78 is 28.8. The highest BCUT2D eigenvalue weighted by atomic mass is 19.1. The predicted molar refractivity (Wildman–Crippen MR) is 186 cm³/mol. The summed E-state index contributed by atoms with van der Waals surface area (Å²) in [7, 11) is 4.09. The molecule has 0 spiro atoms. The Hall–Kier alpha value is -2.37. The number of carbonyl (C=O) groups is 4. The van der Waals surface area contributed by atoms with Gasteiger partial charge in [0.15, 0.2) is 5.78 Å². The van der Waals surface area contributed by atoms with Crippen LogP contribution >= 0.6 is 0 Å². The summed E-state index contributed by atoms with van der Waals surface area (Å²) in [5.41, 5.74) is -0.446. The lowest BCUT2D eigenvalue weighted by atomic mass is 9.66. The largest absolute Gasteiger partial charge is 0.460 e. The molecule has 7 rings (SSSR count). The first-order valence-electron chi connectivity index (χ1n) is 19.6. The molecule has 0 aromatic rings. The van der Waals surface area contributed by atoms with Gasteiger partial charge in [0.05, 0.1) is 42.3 Å². The number of unbranched alkanes of at least 4 members (excludes halogenated alkanes) is 1. The molecule has 0 bridgehead atoms. The predicted octanol–water partition coefficient (Wildman–Crippen LogP) is 3.91. The molecule has 1 N–H and O–H groups in total. The van der Waals surface area contributed by atoms with E-state index in [-0.39, 0.29) is 77.9 Å². The van der Waals surface area contributed by atoms with E-state index < -0.39 is 29.8 Å². The highest BCUT2D eigenvalue weighted by Crippen LogP contribution is 2.56. The van der Waals surface area contributed by atoms with E-state index in [4.69, 9.17) is 9.47 Å². The number of hydrogen-bond acceptors (Lipinski definition) is 9. The molecule has 50 heavy (non-hydrogen) atoms. The quantitative estimate of drug-likeness (QED) is 0.218. The average molecular weight is 699 g/mol. The number of rotatable bonds is 9. The van der Waals surface area contributed by atoms with Crippen molar-refractivity contribution in [1.29, 1.82) is 0 Å². The molecule has 0 radical (unpaired) electrons. The first-order chi connectivity index (χ1) is 23.8. The molecule has 4 aliphatic carbocycles. The van der Waals surface area contributed by atoms with Crippen LogP contribution in [0.25, 0.3) is 0 Å². The van der Waals surface area contributed by atoms with E-state index in [1.165, 1.54) is 0 Å². The maximum absolute atomic E-state index is 16.3. The summed E-state index contributed by atoms with van der Waals surface area (Å²) in [5, 5.41) is 3.50. The Morgan fingerprint density at radius 3 is 2.56 bits per heavy atom. The monoisotopic (exact) mass is 698 g/mol. The van der Waals surface area contributed by atoms with Crippen LogP contribution in [0.2, 0.25) is 0 Å². The van der Waals surface area contributed by atoms with E-state index in [1.54, 1.807) is 4.90 Å². The number of carbonyl (C=O) groups excluding carboxylic acids is 4. The second-order valence-corrected chi connectivity index (χ2v) is 17.8. The van der Waals surface area contributed by atoms with Crippen LogP contribution in [0.1, 0.15) is 91.4 Å². The first-order valence-corrected chi connectivity index (χ1v) is 19.6. The van der Waals surface area contributed by atoms with Crippen molar-refractivity contribution in [1.82, 2.24) is 20.0 Å². The maximum Gasteiger partial charge on any atom is 0.306 e. The number of Topliss-reactive ketones (excluding diaryl/α,β-unsaturated/α-hetero) is 2. The molecule has 11 heteroatoms. The Bertz CT molecular complexity index is 1360. The SMILES string of the molecule is CN(C)CCCCNC1C(F)CC2C(=O)C(C(=O)N3CC[C@H](CC(=O)OC(C)(C)C)C3)=CN3C4CC5C(CC4OC1C23)C(=O)C1CCCCC15. The fourth-order valence-corrected chi connectivity index (χ4v) is 10.9. The summed E-state index contributed by atoms with van der Waals surface area (Å²) in [6, 6.07) is -0.995. The zero-order valence-corrected chi connectivity index (χ0v) is 30.8. The van der Waals surface area contributed by atoms with E-state index in [9.17, 15) is 19.2 Å². The lowest BCUT2D eigenvalue weighted by Crippen LogP contribution is -2.73. The van der Waals surface area contributed by atoms with Gasteiger partial charge in [-0.15, -0.1) is 0 Å². The molecule has 10 nitrogen and oxygen atoms in total. The van der Waals surface area contributed by atoms with Crippen LogP contribution < -0.4 is 5.32 Å². The van der Waals surface area contributed by atoms with Crippen LogP contribution in [0.3, 0.4) is 0 Å². The van der Waals surface area contributed by atoms with Crippen molar-refractivity contribution in [3.05, 3.63) is 11.8 Å². The molecule has 1 amide bonds. The normalized spacial score (nSPS) is 39.5. The third-order valence-corrected chi connectivity index (χ3v) is 13.0. The van der Waals surface area contributed by atoms with Gasteiger partial charge in [-0.2, -0.15) is 0 Å². The standard InChI is InChI=1S/C39H59FN4O6/c1-39(2,3)50-32(45)16-22-12-15-43(20-22)38(48)28-21-44-30-18-25-23-10-6-7-11-24(23)35(46)26(25)19-31(30)49-37-33(41-13-8-9-14-42(4)5)29(40)17-27(34(37)44)36(28)47/h21-27,29-31,33-34,37,41H,6-20H2,1-5H3/t22-,23?,24?,25?,26?,27?,29?,30?,31?,33?,34?,37?/m1/s1. The number of halogens is 1. The first kappa shape index (κ1) is 36.0. The topological polar surface area (TPSA) is 108 Å². The van der Waals surface area contributed by atoms with Crippen molar-refractivity contribution in [2.24, 2.45) is 35.5 Å². The number of ketones is 2. The van der Waals surface area contributed by atoms with Gasteiger partial charge in [0, 0.05) is 37.0 Å². The summed E-state index contributed by atoms with van der Waals surface area (Å²) in [5.74, 6) is -0.414. The van der Waals surface area contributed by atoms with Gasteiger partial charge in [-0.05, 0) is 117 Å². The Morgan fingerprint density at radius 2 is 1.80 bits per heavy atom. The Labute approximate surface area is 297 Å². The molecule has 7 aliphatic rings. The average Bonchev–Trinajstić information content (AvgIpc) is 3.63. The number of morpholine rings is 1. The van der Waals surface area contributed by atoms with Crippen LogP contribution in [-0.2, 0) is 28.7 Å². The van der Waals surface area contributed by atoms with Gasteiger partial charge < -0.3 is 29.5 Å². The minimum atomic E-state index is -1.30. The number of nitrogens with one attached hydrogen (secondary N) is 1.